The maximum atomic E-state index is 14.0. The number of likely N-dealkylation sites (tertiary alicyclic amines) is 1. The number of carbonyl (C=O) groups excluding carboxylic acids is 6. The van der Waals surface area contributed by atoms with Gasteiger partial charge in [-0.25, -0.2) is 4.79 Å². The van der Waals surface area contributed by atoms with E-state index in [1.54, 1.807) is 4.90 Å². The van der Waals surface area contributed by atoms with Gasteiger partial charge in [0.15, 0.2) is 5.78 Å². The Labute approximate surface area is 284 Å². The summed E-state index contributed by atoms with van der Waals surface area (Å²) in [6.45, 7) is 13.8. The lowest BCUT2D eigenvalue weighted by Crippen LogP contribution is -2.60. The van der Waals surface area contributed by atoms with Crippen molar-refractivity contribution in [2.45, 2.75) is 98.4 Å². The van der Waals surface area contributed by atoms with Gasteiger partial charge in [0, 0.05) is 19.6 Å². The maximum absolute atomic E-state index is 14.0. The number of urea groups is 1. The fourth-order valence-electron chi connectivity index (χ4n) is 5.33. The lowest BCUT2D eigenvalue weighted by Gasteiger charge is -2.35. The van der Waals surface area contributed by atoms with E-state index in [9.17, 15) is 24.0 Å². The van der Waals surface area contributed by atoms with E-state index >= 15 is 0 Å². The van der Waals surface area contributed by atoms with Gasteiger partial charge in [0.05, 0.1) is 6.04 Å². The number of Topliss-reactive ketones (excluding diaryl/α,β-unsaturated/α-hetero) is 1. The Morgan fingerprint density at radius 2 is 1.69 bits per heavy atom. The van der Waals surface area contributed by atoms with Crippen LogP contribution in [-0.4, -0.2) is 85.2 Å². The number of esters is 1. The van der Waals surface area contributed by atoms with Gasteiger partial charge in [-0.2, -0.15) is 0 Å². The van der Waals surface area contributed by atoms with Gasteiger partial charge in [-0.1, -0.05) is 84.2 Å². The molecule has 4 unspecified atom stereocenters. The molecule has 1 aromatic rings. The molecule has 2 aliphatic heterocycles. The van der Waals surface area contributed by atoms with Gasteiger partial charge in [-0.05, 0) is 48.5 Å². The molecule has 1 aliphatic carbocycles. The van der Waals surface area contributed by atoms with E-state index in [-0.39, 0.29) is 43.1 Å². The van der Waals surface area contributed by atoms with Crippen molar-refractivity contribution in [3.63, 3.8) is 0 Å². The van der Waals surface area contributed by atoms with Crippen molar-refractivity contribution in [1.29, 1.82) is 0 Å². The minimum atomic E-state index is -0.959. The second-order valence-corrected chi connectivity index (χ2v) is 13.9. The largest absolute Gasteiger partial charge is 0.460 e. The number of nitrogens with zero attached hydrogens (tertiary/aromatic N) is 1. The van der Waals surface area contributed by atoms with Crippen LogP contribution in [0.25, 0.3) is 0 Å². The molecular weight excluding hydrogens is 616 g/mol. The third kappa shape index (κ3) is 14.4. The van der Waals surface area contributed by atoms with Crippen molar-refractivity contribution in [3.8, 4) is 0 Å². The van der Waals surface area contributed by atoms with Crippen LogP contribution in [0.4, 0.5) is 4.79 Å². The van der Waals surface area contributed by atoms with Crippen molar-refractivity contribution in [2.75, 3.05) is 26.2 Å². The molecule has 2 saturated heterocycles. The van der Waals surface area contributed by atoms with E-state index in [0.717, 1.165) is 24.8 Å². The zero-order valence-corrected chi connectivity index (χ0v) is 29.4. The highest BCUT2D eigenvalue weighted by atomic mass is 16.5. The molecule has 13 heteroatoms. The SMILES string of the molecule is C1CN1.CCC(C)[C@@H]1CC(C(=O)NC(CC2CC2)C(C)=O)N(C(=O)C(NC(=O)NCC(=O)OCc2ccccc2)C(C)(C)C)C1.NC=O. The van der Waals surface area contributed by atoms with E-state index in [1.807, 2.05) is 51.1 Å². The molecule has 1 aromatic carbocycles. The molecule has 0 spiro atoms. The van der Waals surface area contributed by atoms with Gasteiger partial charge in [-0.15, -0.1) is 0 Å². The number of ether oxygens (including phenoxy) is 1. The van der Waals surface area contributed by atoms with Crippen LogP contribution in [0.2, 0.25) is 0 Å². The summed E-state index contributed by atoms with van der Waals surface area (Å²) >= 11 is 0. The normalized spacial score (nSPS) is 19.8. The monoisotopic (exact) mass is 672 g/mol. The number of amides is 5. The molecule has 1 saturated carbocycles. The number of nitrogens with one attached hydrogen (secondary N) is 4. The first-order valence-corrected chi connectivity index (χ1v) is 16.9. The lowest BCUT2D eigenvalue weighted by molar-refractivity contribution is -0.143. The topological polar surface area (TPSA) is 199 Å². The van der Waals surface area contributed by atoms with E-state index in [1.165, 1.54) is 20.0 Å². The number of primary amides is 1. The Kier molecular flexibility index (Phi) is 16.5. The first-order valence-electron chi connectivity index (χ1n) is 16.9. The quantitative estimate of drug-likeness (QED) is 0.119. The van der Waals surface area contributed by atoms with Gasteiger partial charge in [0.2, 0.25) is 18.2 Å². The predicted octanol–water partition coefficient (Wildman–Crippen LogP) is 2.27. The molecule has 5 atom stereocenters. The van der Waals surface area contributed by atoms with Crippen LogP contribution in [0.5, 0.6) is 0 Å². The Hall–Kier alpha value is -4.00. The van der Waals surface area contributed by atoms with Gasteiger partial charge >= 0.3 is 12.0 Å². The molecule has 3 aliphatic rings. The van der Waals surface area contributed by atoms with Gasteiger partial charge in [0.25, 0.3) is 0 Å². The van der Waals surface area contributed by atoms with Crippen LogP contribution in [-0.2, 0) is 35.3 Å². The number of ketones is 1. The lowest BCUT2D eigenvalue weighted by atomic mass is 9.85. The highest BCUT2D eigenvalue weighted by Crippen LogP contribution is 2.35. The van der Waals surface area contributed by atoms with Crippen molar-refractivity contribution < 1.29 is 33.5 Å². The minimum Gasteiger partial charge on any atom is -0.460 e. The average molecular weight is 673 g/mol. The predicted molar refractivity (Wildman–Crippen MR) is 182 cm³/mol. The summed E-state index contributed by atoms with van der Waals surface area (Å²) in [7, 11) is 0. The second kappa shape index (κ2) is 19.7. The smallest absolute Gasteiger partial charge is 0.325 e. The number of hydrogen-bond donors (Lipinski definition) is 5. The van der Waals surface area contributed by atoms with E-state index in [4.69, 9.17) is 9.53 Å². The summed E-state index contributed by atoms with van der Waals surface area (Å²) in [5.41, 5.74) is 4.31. The number of carbonyl (C=O) groups is 6. The first-order chi connectivity index (χ1) is 22.7. The summed E-state index contributed by atoms with van der Waals surface area (Å²) in [5, 5.41) is 11.2. The van der Waals surface area contributed by atoms with Crippen LogP contribution in [0.1, 0.15) is 79.2 Å². The Morgan fingerprint density at radius 1 is 1.08 bits per heavy atom. The van der Waals surface area contributed by atoms with Crippen LogP contribution in [0.15, 0.2) is 30.3 Å². The van der Waals surface area contributed by atoms with E-state index in [2.05, 4.69) is 40.8 Å². The molecule has 268 valence electrons. The Balaban J connectivity index is 0.00000122. The summed E-state index contributed by atoms with van der Waals surface area (Å²) < 4.78 is 5.22. The molecule has 13 nitrogen and oxygen atoms in total. The molecule has 4 rings (SSSR count). The molecule has 0 aromatic heterocycles. The second-order valence-electron chi connectivity index (χ2n) is 13.9. The van der Waals surface area contributed by atoms with Crippen molar-refractivity contribution in [3.05, 3.63) is 35.9 Å². The molecule has 2 heterocycles. The average Bonchev–Trinajstić information content (AvgIpc) is 3.99. The highest BCUT2D eigenvalue weighted by Gasteiger charge is 2.46. The fourth-order valence-corrected chi connectivity index (χ4v) is 5.33. The minimum absolute atomic E-state index is 0.0854. The van der Waals surface area contributed by atoms with Gasteiger partial charge in [-0.3, -0.25) is 24.0 Å². The molecule has 0 bridgehead atoms. The van der Waals surface area contributed by atoms with E-state index < -0.39 is 35.5 Å². The Bertz CT molecular complexity index is 1210. The number of hydrogen-bond acceptors (Lipinski definition) is 8. The summed E-state index contributed by atoms with van der Waals surface area (Å²) in [4.78, 5) is 75.1. The van der Waals surface area contributed by atoms with Crippen LogP contribution in [0, 0.1) is 23.2 Å². The third-order valence-electron chi connectivity index (χ3n) is 8.72. The first kappa shape index (κ1) is 40.2. The van der Waals surface area contributed by atoms with E-state index in [0.29, 0.717) is 31.2 Å². The van der Waals surface area contributed by atoms with Crippen molar-refractivity contribution >= 4 is 36.0 Å². The van der Waals surface area contributed by atoms with Crippen LogP contribution >= 0.6 is 0 Å². The molecule has 6 N–H and O–H groups in total. The molecular formula is C35H56N6O7. The van der Waals surface area contributed by atoms with Crippen molar-refractivity contribution in [1.82, 2.24) is 26.2 Å². The molecule has 3 fully saturated rings. The summed E-state index contributed by atoms with van der Waals surface area (Å²) in [6.07, 6.45) is 4.40. The van der Waals surface area contributed by atoms with Gasteiger partial charge < -0.3 is 36.6 Å². The van der Waals surface area contributed by atoms with Crippen LogP contribution in [0.3, 0.4) is 0 Å². The number of nitrogens with two attached hydrogens (primary N) is 1. The zero-order valence-electron chi connectivity index (χ0n) is 29.4. The standard InChI is InChI=1S/C32H48N4O6.C2H5N.CH3NO/c1-7-20(2)24-16-26(29(39)34-25(21(3)37)15-22-13-14-22)36(18-24)30(40)28(32(4,5)6)35-31(41)33-17-27(38)42-19-23-11-9-8-10-12-23;1-2-3-1;2-1-3/h8-12,20,22,24-26,28H,7,13-19H2,1-6H3,(H,34,39)(H2,33,35,41);3H,1-2H2;1H,(H2,2,3)/t20?,24-,25?,26?,28?;;/m1../s1. The molecule has 48 heavy (non-hydrogen) atoms. The highest BCUT2D eigenvalue weighted by molar-refractivity contribution is 5.95. The summed E-state index contributed by atoms with van der Waals surface area (Å²) in [6, 6.07) is 6.27. The zero-order chi connectivity index (χ0) is 35.9. The number of rotatable bonds is 13. The third-order valence-corrected chi connectivity index (χ3v) is 8.72. The van der Waals surface area contributed by atoms with Crippen LogP contribution < -0.4 is 27.0 Å². The van der Waals surface area contributed by atoms with Crippen molar-refractivity contribution in [2.24, 2.45) is 28.9 Å². The number of benzene rings is 1. The fraction of sp³-hybridized carbons (Fsp3) is 0.657. The molecule has 5 amide bonds. The molecule has 0 radical (unpaired) electrons. The Morgan fingerprint density at radius 3 is 2.19 bits per heavy atom. The van der Waals surface area contributed by atoms with Gasteiger partial charge in [0.1, 0.15) is 25.2 Å². The maximum Gasteiger partial charge on any atom is 0.325 e. The summed E-state index contributed by atoms with van der Waals surface area (Å²) in [5.74, 6) is -0.520.